The van der Waals surface area contributed by atoms with E-state index in [1.807, 2.05) is 7.05 Å². The standard InChI is InChI=1S/C13H17N3O3/c1-16-6-11(7-16)13(17)19-8-9-2-4-10(5-3-9)12(14)15-18/h2-5,11,18H,6-8H2,1H3,(H2,14,15). The van der Waals surface area contributed by atoms with E-state index in [9.17, 15) is 4.79 Å². The first-order chi connectivity index (χ1) is 9.10. The van der Waals surface area contributed by atoms with Crippen LogP contribution in [0.4, 0.5) is 0 Å². The third-order valence-electron chi connectivity index (χ3n) is 3.14. The van der Waals surface area contributed by atoms with Crippen molar-refractivity contribution in [2.45, 2.75) is 6.61 Å². The van der Waals surface area contributed by atoms with E-state index >= 15 is 0 Å². The second-order valence-corrected chi connectivity index (χ2v) is 4.71. The Morgan fingerprint density at radius 1 is 1.47 bits per heavy atom. The Morgan fingerprint density at radius 3 is 2.63 bits per heavy atom. The molecule has 0 aliphatic carbocycles. The van der Waals surface area contributed by atoms with Crippen molar-refractivity contribution < 1.29 is 14.7 Å². The number of likely N-dealkylation sites (tertiary alicyclic amines) is 1. The summed E-state index contributed by atoms with van der Waals surface area (Å²) in [5.41, 5.74) is 6.95. The molecular weight excluding hydrogens is 246 g/mol. The molecule has 0 spiro atoms. The molecule has 0 radical (unpaired) electrons. The van der Waals surface area contributed by atoms with E-state index in [0.717, 1.165) is 18.7 Å². The summed E-state index contributed by atoms with van der Waals surface area (Å²) in [4.78, 5) is 13.7. The second kappa shape index (κ2) is 5.71. The van der Waals surface area contributed by atoms with Crippen LogP contribution in [0.15, 0.2) is 29.4 Å². The highest BCUT2D eigenvalue weighted by atomic mass is 16.5. The molecule has 0 unspecified atom stereocenters. The van der Waals surface area contributed by atoms with E-state index < -0.39 is 0 Å². The molecule has 1 aliphatic rings. The van der Waals surface area contributed by atoms with Crippen molar-refractivity contribution >= 4 is 11.8 Å². The molecule has 6 heteroatoms. The number of oxime groups is 1. The summed E-state index contributed by atoms with van der Waals surface area (Å²) in [7, 11) is 1.97. The van der Waals surface area contributed by atoms with Crippen molar-refractivity contribution in [1.82, 2.24) is 4.90 Å². The van der Waals surface area contributed by atoms with Gasteiger partial charge in [0.05, 0.1) is 5.92 Å². The SMILES string of the molecule is CN1CC(C(=O)OCc2ccc(/C(N)=N/O)cc2)C1. The van der Waals surface area contributed by atoms with Gasteiger partial charge in [0.1, 0.15) is 6.61 Å². The maximum atomic E-state index is 11.6. The van der Waals surface area contributed by atoms with Crippen LogP contribution in [0.5, 0.6) is 0 Å². The summed E-state index contributed by atoms with van der Waals surface area (Å²) in [6, 6.07) is 7.01. The number of ether oxygens (including phenoxy) is 1. The minimum atomic E-state index is -0.154. The molecule has 0 aromatic heterocycles. The predicted octanol–water partition coefficient (Wildman–Crippen LogP) is 0.386. The molecule has 0 amide bonds. The third kappa shape index (κ3) is 3.23. The number of carbonyl (C=O) groups excluding carboxylic acids is 1. The maximum Gasteiger partial charge on any atom is 0.311 e. The molecule has 0 bridgehead atoms. The molecule has 1 aromatic rings. The molecule has 19 heavy (non-hydrogen) atoms. The molecule has 3 N–H and O–H groups in total. The van der Waals surface area contributed by atoms with E-state index in [-0.39, 0.29) is 24.3 Å². The summed E-state index contributed by atoms with van der Waals surface area (Å²) in [5.74, 6) is -0.0962. The second-order valence-electron chi connectivity index (χ2n) is 4.71. The summed E-state index contributed by atoms with van der Waals surface area (Å²) >= 11 is 0. The Bertz CT molecular complexity index is 478. The van der Waals surface area contributed by atoms with Gasteiger partial charge in [-0.15, -0.1) is 0 Å². The van der Waals surface area contributed by atoms with Gasteiger partial charge in [-0.2, -0.15) is 0 Å². The Balaban J connectivity index is 1.85. The first-order valence-electron chi connectivity index (χ1n) is 6.02. The van der Waals surface area contributed by atoms with Gasteiger partial charge in [0.25, 0.3) is 0 Å². The van der Waals surface area contributed by atoms with Gasteiger partial charge in [-0.05, 0) is 12.6 Å². The number of carbonyl (C=O) groups is 1. The van der Waals surface area contributed by atoms with E-state index in [4.69, 9.17) is 15.7 Å². The average molecular weight is 263 g/mol. The Hall–Kier alpha value is -2.08. The van der Waals surface area contributed by atoms with Crippen molar-refractivity contribution in [3.8, 4) is 0 Å². The van der Waals surface area contributed by atoms with Crippen LogP contribution in [-0.4, -0.2) is 42.0 Å². The van der Waals surface area contributed by atoms with Crippen LogP contribution < -0.4 is 5.73 Å². The van der Waals surface area contributed by atoms with E-state index in [1.165, 1.54) is 0 Å². The van der Waals surface area contributed by atoms with Crippen LogP contribution in [0.2, 0.25) is 0 Å². The van der Waals surface area contributed by atoms with E-state index in [0.29, 0.717) is 5.56 Å². The molecule has 1 aliphatic heterocycles. The molecule has 2 rings (SSSR count). The van der Waals surface area contributed by atoms with Crippen LogP contribution in [-0.2, 0) is 16.1 Å². The molecule has 102 valence electrons. The van der Waals surface area contributed by atoms with Crippen LogP contribution in [0.3, 0.4) is 0 Å². The van der Waals surface area contributed by atoms with Gasteiger partial charge in [0.2, 0.25) is 0 Å². The lowest BCUT2D eigenvalue weighted by Crippen LogP contribution is -2.48. The quantitative estimate of drug-likeness (QED) is 0.270. The zero-order chi connectivity index (χ0) is 13.8. The smallest absolute Gasteiger partial charge is 0.311 e. The third-order valence-corrected chi connectivity index (χ3v) is 3.14. The first kappa shape index (κ1) is 13.4. The molecular formula is C13H17N3O3. The van der Waals surface area contributed by atoms with Crippen LogP contribution >= 0.6 is 0 Å². The molecule has 6 nitrogen and oxygen atoms in total. The lowest BCUT2D eigenvalue weighted by molar-refractivity contribution is -0.155. The highest BCUT2D eigenvalue weighted by Gasteiger charge is 2.31. The normalized spacial score (nSPS) is 17.0. The van der Waals surface area contributed by atoms with E-state index in [2.05, 4.69) is 10.1 Å². The highest BCUT2D eigenvalue weighted by Crippen LogP contribution is 2.15. The highest BCUT2D eigenvalue weighted by molar-refractivity contribution is 5.96. The molecule has 1 fully saturated rings. The fourth-order valence-corrected chi connectivity index (χ4v) is 1.95. The number of hydrogen-bond donors (Lipinski definition) is 2. The molecule has 1 saturated heterocycles. The Morgan fingerprint density at radius 2 is 2.11 bits per heavy atom. The van der Waals surface area contributed by atoms with Gasteiger partial charge in [-0.1, -0.05) is 29.4 Å². The number of nitrogens with zero attached hydrogens (tertiary/aromatic N) is 2. The number of amidine groups is 1. The summed E-state index contributed by atoms with van der Waals surface area (Å²) in [6.07, 6.45) is 0. The van der Waals surface area contributed by atoms with Gasteiger partial charge in [0, 0.05) is 18.7 Å². The largest absolute Gasteiger partial charge is 0.461 e. The van der Waals surface area contributed by atoms with Crippen LogP contribution in [0, 0.1) is 5.92 Å². The maximum absolute atomic E-state index is 11.6. The first-order valence-corrected chi connectivity index (χ1v) is 6.02. The molecule has 1 heterocycles. The Labute approximate surface area is 111 Å². The minimum absolute atomic E-state index is 0.00133. The number of esters is 1. The lowest BCUT2D eigenvalue weighted by atomic mass is 10.0. The number of hydrogen-bond acceptors (Lipinski definition) is 5. The molecule has 0 atom stereocenters. The van der Waals surface area contributed by atoms with Crippen molar-refractivity contribution in [3.05, 3.63) is 35.4 Å². The molecule has 0 saturated carbocycles. The summed E-state index contributed by atoms with van der Waals surface area (Å²) in [5, 5.41) is 11.5. The molecule has 1 aromatic carbocycles. The van der Waals surface area contributed by atoms with Crippen molar-refractivity contribution in [3.63, 3.8) is 0 Å². The van der Waals surface area contributed by atoms with Gasteiger partial charge >= 0.3 is 5.97 Å². The number of nitrogens with two attached hydrogens (primary N) is 1. The van der Waals surface area contributed by atoms with E-state index in [1.54, 1.807) is 24.3 Å². The average Bonchev–Trinajstić information content (AvgIpc) is 2.41. The lowest BCUT2D eigenvalue weighted by Gasteiger charge is -2.34. The van der Waals surface area contributed by atoms with Crippen molar-refractivity contribution in [2.24, 2.45) is 16.8 Å². The Kier molecular flexibility index (Phi) is 4.01. The van der Waals surface area contributed by atoms with Gasteiger partial charge in [0.15, 0.2) is 5.84 Å². The number of rotatable bonds is 4. The van der Waals surface area contributed by atoms with Crippen LogP contribution in [0.1, 0.15) is 11.1 Å². The zero-order valence-electron chi connectivity index (χ0n) is 10.7. The van der Waals surface area contributed by atoms with Gasteiger partial charge in [-0.3, -0.25) is 4.79 Å². The fraction of sp³-hybridized carbons (Fsp3) is 0.385. The minimum Gasteiger partial charge on any atom is -0.461 e. The predicted molar refractivity (Wildman–Crippen MR) is 69.7 cm³/mol. The van der Waals surface area contributed by atoms with Crippen molar-refractivity contribution in [1.29, 1.82) is 0 Å². The van der Waals surface area contributed by atoms with Crippen molar-refractivity contribution in [2.75, 3.05) is 20.1 Å². The monoisotopic (exact) mass is 263 g/mol. The fourth-order valence-electron chi connectivity index (χ4n) is 1.95. The van der Waals surface area contributed by atoms with Gasteiger partial charge < -0.3 is 20.6 Å². The van der Waals surface area contributed by atoms with Gasteiger partial charge in [-0.25, -0.2) is 0 Å². The summed E-state index contributed by atoms with van der Waals surface area (Å²) < 4.78 is 5.23. The van der Waals surface area contributed by atoms with Crippen LogP contribution in [0.25, 0.3) is 0 Å². The zero-order valence-corrected chi connectivity index (χ0v) is 10.7. The topological polar surface area (TPSA) is 88.2 Å². The number of benzene rings is 1. The summed E-state index contributed by atoms with van der Waals surface area (Å²) in [6.45, 7) is 1.78.